The summed E-state index contributed by atoms with van der Waals surface area (Å²) in [6.45, 7) is 6.42. The van der Waals surface area contributed by atoms with Crippen molar-refractivity contribution < 1.29 is 8.42 Å². The summed E-state index contributed by atoms with van der Waals surface area (Å²) in [6.07, 6.45) is 2.12. The zero-order chi connectivity index (χ0) is 11.7. The monoisotopic (exact) mass is 226 g/mol. The van der Waals surface area contributed by atoms with Crippen molar-refractivity contribution in [1.82, 2.24) is 0 Å². The van der Waals surface area contributed by atoms with Crippen molar-refractivity contribution in [3.05, 3.63) is 29.8 Å². The molecule has 0 aliphatic rings. The predicted molar refractivity (Wildman–Crippen MR) is 62.7 cm³/mol. The van der Waals surface area contributed by atoms with Crippen molar-refractivity contribution in [2.75, 3.05) is 6.26 Å². The van der Waals surface area contributed by atoms with Crippen LogP contribution in [0.25, 0.3) is 0 Å². The maximum absolute atomic E-state index is 11.4. The minimum Gasteiger partial charge on any atom is -0.224 e. The molecule has 0 heterocycles. The molecule has 0 fully saturated rings. The van der Waals surface area contributed by atoms with Crippen LogP contribution < -0.4 is 0 Å². The Balaban J connectivity index is 3.04. The van der Waals surface area contributed by atoms with Crippen LogP contribution in [-0.4, -0.2) is 14.7 Å². The summed E-state index contributed by atoms with van der Waals surface area (Å²) in [5.41, 5.74) is 1.25. The van der Waals surface area contributed by atoms with Gasteiger partial charge in [0.2, 0.25) is 0 Å². The van der Waals surface area contributed by atoms with E-state index in [4.69, 9.17) is 0 Å². The van der Waals surface area contributed by atoms with Crippen LogP contribution in [-0.2, 0) is 16.3 Å². The van der Waals surface area contributed by atoms with Gasteiger partial charge >= 0.3 is 0 Å². The second-order valence-corrected chi connectivity index (χ2v) is 7.17. The summed E-state index contributed by atoms with van der Waals surface area (Å²) in [7, 11) is -3.08. The molecule has 0 aliphatic carbocycles. The molecule has 15 heavy (non-hydrogen) atoms. The molecule has 1 aromatic carbocycles. The molecule has 0 N–H and O–H groups in total. The minimum absolute atomic E-state index is 0.177. The van der Waals surface area contributed by atoms with Crippen LogP contribution in [0.5, 0.6) is 0 Å². The third kappa shape index (κ3) is 4.04. The fourth-order valence-electron chi connectivity index (χ4n) is 1.50. The molecule has 0 bridgehead atoms. The van der Waals surface area contributed by atoms with E-state index in [0.717, 1.165) is 12.0 Å². The van der Waals surface area contributed by atoms with Gasteiger partial charge in [0, 0.05) is 6.26 Å². The Morgan fingerprint density at radius 2 is 1.80 bits per heavy atom. The number of hydrogen-bond acceptors (Lipinski definition) is 2. The summed E-state index contributed by atoms with van der Waals surface area (Å²) in [5, 5.41) is 0. The second kappa shape index (κ2) is 3.97. The summed E-state index contributed by atoms with van der Waals surface area (Å²) in [5.74, 6) is 0. The molecule has 0 aromatic heterocycles. The molecule has 0 radical (unpaired) electrons. The SMILES string of the molecule is CC(C)(C)Cc1cccc(S(C)(=O)=O)c1. The van der Waals surface area contributed by atoms with Crippen molar-refractivity contribution in [2.45, 2.75) is 32.1 Å². The fraction of sp³-hybridized carbons (Fsp3) is 0.500. The summed E-state index contributed by atoms with van der Waals surface area (Å²) in [6, 6.07) is 7.18. The van der Waals surface area contributed by atoms with Crippen LogP contribution in [0.4, 0.5) is 0 Å². The lowest BCUT2D eigenvalue weighted by Gasteiger charge is -2.18. The Morgan fingerprint density at radius 3 is 2.27 bits per heavy atom. The van der Waals surface area contributed by atoms with Crippen LogP contribution >= 0.6 is 0 Å². The fourth-order valence-corrected chi connectivity index (χ4v) is 2.19. The molecule has 0 aliphatic heterocycles. The quantitative estimate of drug-likeness (QED) is 0.777. The Morgan fingerprint density at radius 1 is 1.20 bits per heavy atom. The highest BCUT2D eigenvalue weighted by Crippen LogP contribution is 2.22. The number of rotatable bonds is 2. The lowest BCUT2D eigenvalue weighted by Crippen LogP contribution is -2.09. The van der Waals surface area contributed by atoms with Crippen LogP contribution in [0.15, 0.2) is 29.2 Å². The molecule has 2 nitrogen and oxygen atoms in total. The van der Waals surface area contributed by atoms with Crippen molar-refractivity contribution in [3.8, 4) is 0 Å². The zero-order valence-electron chi connectivity index (χ0n) is 9.74. The van der Waals surface area contributed by atoms with Gasteiger partial charge in [-0.2, -0.15) is 0 Å². The molecular weight excluding hydrogens is 208 g/mol. The van der Waals surface area contributed by atoms with E-state index in [-0.39, 0.29) is 5.41 Å². The van der Waals surface area contributed by atoms with Crippen molar-refractivity contribution in [2.24, 2.45) is 5.41 Å². The highest BCUT2D eigenvalue weighted by molar-refractivity contribution is 7.90. The topological polar surface area (TPSA) is 34.1 Å². The van der Waals surface area contributed by atoms with Gasteiger partial charge in [0.25, 0.3) is 0 Å². The molecular formula is C12H18O2S. The van der Waals surface area contributed by atoms with Crippen molar-refractivity contribution in [1.29, 1.82) is 0 Å². The van der Waals surface area contributed by atoms with Crippen LogP contribution in [0.2, 0.25) is 0 Å². The molecule has 0 saturated heterocycles. The Bertz CT molecular complexity index is 439. The van der Waals surface area contributed by atoms with Gasteiger partial charge in [-0.1, -0.05) is 32.9 Å². The molecule has 1 aromatic rings. The van der Waals surface area contributed by atoms with E-state index >= 15 is 0 Å². The molecule has 0 amide bonds. The third-order valence-corrected chi connectivity index (χ3v) is 3.17. The van der Waals surface area contributed by atoms with Gasteiger partial charge < -0.3 is 0 Å². The molecule has 1 rings (SSSR count). The average Bonchev–Trinajstić information content (AvgIpc) is 1.99. The van der Waals surface area contributed by atoms with Crippen molar-refractivity contribution in [3.63, 3.8) is 0 Å². The molecule has 3 heteroatoms. The van der Waals surface area contributed by atoms with Crippen LogP contribution in [0, 0.1) is 5.41 Å². The van der Waals surface area contributed by atoms with Crippen molar-refractivity contribution >= 4 is 9.84 Å². The first-order chi connectivity index (χ1) is 6.68. The second-order valence-electron chi connectivity index (χ2n) is 5.16. The summed E-state index contributed by atoms with van der Waals surface area (Å²) in [4.78, 5) is 0.407. The van der Waals surface area contributed by atoms with E-state index in [1.165, 1.54) is 6.26 Å². The maximum atomic E-state index is 11.4. The maximum Gasteiger partial charge on any atom is 0.175 e. The molecule has 0 unspecified atom stereocenters. The van der Waals surface area contributed by atoms with Gasteiger partial charge in [-0.15, -0.1) is 0 Å². The van der Waals surface area contributed by atoms with Gasteiger partial charge in [0.05, 0.1) is 4.90 Å². The first-order valence-corrected chi connectivity index (χ1v) is 6.87. The summed E-state index contributed by atoms with van der Waals surface area (Å²) >= 11 is 0. The number of sulfone groups is 1. The molecule has 0 saturated carbocycles. The van der Waals surface area contributed by atoms with E-state index < -0.39 is 9.84 Å². The Hall–Kier alpha value is -0.830. The van der Waals surface area contributed by atoms with Crippen LogP contribution in [0.1, 0.15) is 26.3 Å². The first-order valence-electron chi connectivity index (χ1n) is 4.97. The molecule has 0 spiro atoms. The van der Waals surface area contributed by atoms with Gasteiger partial charge in [-0.05, 0) is 29.5 Å². The van der Waals surface area contributed by atoms with Gasteiger partial charge in [0.1, 0.15) is 0 Å². The number of benzene rings is 1. The lowest BCUT2D eigenvalue weighted by atomic mass is 9.88. The molecule has 84 valence electrons. The van der Waals surface area contributed by atoms with E-state index in [9.17, 15) is 8.42 Å². The lowest BCUT2D eigenvalue weighted by molar-refractivity contribution is 0.411. The van der Waals surface area contributed by atoms with Crippen LogP contribution in [0.3, 0.4) is 0 Å². The minimum atomic E-state index is -3.08. The predicted octanol–water partition coefficient (Wildman–Crippen LogP) is 2.68. The highest BCUT2D eigenvalue weighted by Gasteiger charge is 2.13. The third-order valence-electron chi connectivity index (χ3n) is 2.06. The van der Waals surface area contributed by atoms with E-state index in [2.05, 4.69) is 20.8 Å². The number of hydrogen-bond donors (Lipinski definition) is 0. The van der Waals surface area contributed by atoms with E-state index in [1.54, 1.807) is 18.2 Å². The standard InChI is InChI=1S/C12H18O2S/c1-12(2,3)9-10-6-5-7-11(8-10)15(4,13)14/h5-8H,9H2,1-4H3. The van der Waals surface area contributed by atoms with E-state index in [1.807, 2.05) is 6.07 Å². The summed E-state index contributed by atoms with van der Waals surface area (Å²) < 4.78 is 22.7. The first kappa shape index (κ1) is 12.2. The Labute approximate surface area is 92.2 Å². The van der Waals surface area contributed by atoms with Gasteiger partial charge in [0.15, 0.2) is 9.84 Å². The van der Waals surface area contributed by atoms with Gasteiger partial charge in [-0.25, -0.2) is 8.42 Å². The largest absolute Gasteiger partial charge is 0.224 e. The smallest absolute Gasteiger partial charge is 0.175 e. The molecule has 0 atom stereocenters. The van der Waals surface area contributed by atoms with E-state index in [0.29, 0.717) is 4.90 Å². The average molecular weight is 226 g/mol. The van der Waals surface area contributed by atoms with Gasteiger partial charge in [-0.3, -0.25) is 0 Å². The highest BCUT2D eigenvalue weighted by atomic mass is 32.2. The normalized spacial score (nSPS) is 12.8. The zero-order valence-corrected chi connectivity index (χ0v) is 10.6. The Kier molecular flexibility index (Phi) is 3.24.